The smallest absolute Gasteiger partial charge is 0.273 e. The number of ether oxygens (including phenoxy) is 1. The Balaban J connectivity index is 1.92. The van der Waals surface area contributed by atoms with Gasteiger partial charge in [-0.25, -0.2) is 9.50 Å². The van der Waals surface area contributed by atoms with Crippen molar-refractivity contribution in [1.29, 1.82) is 0 Å². The van der Waals surface area contributed by atoms with E-state index in [1.54, 1.807) is 13.3 Å². The first-order chi connectivity index (χ1) is 13.6. The molecule has 0 aliphatic heterocycles. The van der Waals surface area contributed by atoms with Crippen LogP contribution in [-0.2, 0) is 17.9 Å². The van der Waals surface area contributed by atoms with Crippen LogP contribution in [0.2, 0.25) is 0 Å². The number of methoxy groups -OCH3 is 1. The van der Waals surface area contributed by atoms with Crippen LogP contribution in [0.1, 0.15) is 24.6 Å². The summed E-state index contributed by atoms with van der Waals surface area (Å²) in [4.78, 5) is 17.6. The Hall–Kier alpha value is -3.19. The Morgan fingerprint density at radius 2 is 1.96 bits per heavy atom. The van der Waals surface area contributed by atoms with Crippen molar-refractivity contribution >= 4 is 5.65 Å². The first-order valence-electron chi connectivity index (χ1n) is 9.34. The fraction of sp³-hybridized carbons (Fsp3) is 0.286. The molecule has 7 heteroatoms. The summed E-state index contributed by atoms with van der Waals surface area (Å²) in [6, 6.07) is 9.70. The number of aromatic nitrogens is 5. The average Bonchev–Trinajstić information content (AvgIpc) is 3.28. The SMILES string of the molecule is CCCn1cc(-c2cc(=O)n3[nH]c(COC)c(-c4ccc(C)cc4)c3n2)cn1. The van der Waals surface area contributed by atoms with E-state index in [1.807, 2.05) is 42.1 Å². The van der Waals surface area contributed by atoms with Crippen molar-refractivity contribution in [2.24, 2.45) is 0 Å². The van der Waals surface area contributed by atoms with Gasteiger partial charge >= 0.3 is 0 Å². The Bertz CT molecular complexity index is 1170. The summed E-state index contributed by atoms with van der Waals surface area (Å²) in [6.07, 6.45) is 4.67. The lowest BCUT2D eigenvalue weighted by Crippen LogP contribution is -2.14. The molecule has 0 aliphatic carbocycles. The van der Waals surface area contributed by atoms with Crippen LogP contribution in [0, 0.1) is 6.92 Å². The predicted molar refractivity (Wildman–Crippen MR) is 108 cm³/mol. The summed E-state index contributed by atoms with van der Waals surface area (Å²) in [6.45, 7) is 5.33. The van der Waals surface area contributed by atoms with Gasteiger partial charge in [0.2, 0.25) is 0 Å². The Morgan fingerprint density at radius 3 is 2.68 bits per heavy atom. The second-order valence-corrected chi connectivity index (χ2v) is 6.90. The molecule has 7 nitrogen and oxygen atoms in total. The van der Waals surface area contributed by atoms with Gasteiger partial charge in [-0.15, -0.1) is 0 Å². The van der Waals surface area contributed by atoms with Gasteiger partial charge in [0.05, 0.1) is 24.2 Å². The van der Waals surface area contributed by atoms with Gasteiger partial charge in [-0.2, -0.15) is 5.10 Å². The molecular weight excluding hydrogens is 354 g/mol. The lowest BCUT2D eigenvalue weighted by molar-refractivity contribution is 0.181. The molecule has 0 amide bonds. The summed E-state index contributed by atoms with van der Waals surface area (Å²) in [5.74, 6) is 0. The highest BCUT2D eigenvalue weighted by Gasteiger charge is 2.18. The number of H-pyrrole nitrogens is 1. The summed E-state index contributed by atoms with van der Waals surface area (Å²) in [5, 5.41) is 7.50. The van der Waals surface area contributed by atoms with Gasteiger partial charge in [0, 0.05) is 37.0 Å². The molecule has 0 aliphatic rings. The fourth-order valence-corrected chi connectivity index (χ4v) is 3.35. The average molecular weight is 377 g/mol. The number of rotatable bonds is 6. The summed E-state index contributed by atoms with van der Waals surface area (Å²) < 4.78 is 8.68. The minimum atomic E-state index is -0.168. The molecule has 0 fully saturated rings. The third-order valence-electron chi connectivity index (χ3n) is 4.70. The molecule has 144 valence electrons. The van der Waals surface area contributed by atoms with Gasteiger partial charge in [-0.1, -0.05) is 36.8 Å². The van der Waals surface area contributed by atoms with Gasteiger partial charge in [0.25, 0.3) is 5.56 Å². The maximum Gasteiger partial charge on any atom is 0.273 e. The van der Waals surface area contributed by atoms with Gasteiger partial charge in [0.1, 0.15) is 0 Å². The van der Waals surface area contributed by atoms with Crippen molar-refractivity contribution in [3.05, 3.63) is 64.3 Å². The first kappa shape index (κ1) is 18.2. The molecule has 28 heavy (non-hydrogen) atoms. The summed E-state index contributed by atoms with van der Waals surface area (Å²) >= 11 is 0. The maximum atomic E-state index is 12.8. The number of hydrogen-bond acceptors (Lipinski definition) is 4. The topological polar surface area (TPSA) is 77.2 Å². The lowest BCUT2D eigenvalue weighted by Gasteiger charge is -2.04. The van der Waals surface area contributed by atoms with Crippen molar-refractivity contribution in [2.75, 3.05) is 7.11 Å². The van der Waals surface area contributed by atoms with E-state index in [2.05, 4.69) is 17.1 Å². The van der Waals surface area contributed by atoms with Gasteiger partial charge < -0.3 is 4.74 Å². The van der Waals surface area contributed by atoms with E-state index in [9.17, 15) is 4.79 Å². The molecule has 0 spiro atoms. The monoisotopic (exact) mass is 377 g/mol. The second-order valence-electron chi connectivity index (χ2n) is 6.90. The summed E-state index contributed by atoms with van der Waals surface area (Å²) in [5.41, 5.74) is 5.71. The van der Waals surface area contributed by atoms with Gasteiger partial charge in [-0.3, -0.25) is 14.6 Å². The van der Waals surface area contributed by atoms with E-state index >= 15 is 0 Å². The van der Waals surface area contributed by atoms with E-state index in [1.165, 1.54) is 16.1 Å². The number of aromatic amines is 1. The molecular formula is C21H23N5O2. The highest BCUT2D eigenvalue weighted by Crippen LogP contribution is 2.29. The van der Waals surface area contributed by atoms with Crippen LogP contribution >= 0.6 is 0 Å². The van der Waals surface area contributed by atoms with Crippen LogP contribution in [0.25, 0.3) is 28.0 Å². The minimum absolute atomic E-state index is 0.168. The van der Waals surface area contributed by atoms with Crippen LogP contribution in [0.4, 0.5) is 0 Å². The lowest BCUT2D eigenvalue weighted by atomic mass is 10.0. The van der Waals surface area contributed by atoms with E-state index in [-0.39, 0.29) is 5.56 Å². The van der Waals surface area contributed by atoms with Crippen LogP contribution in [0.3, 0.4) is 0 Å². The molecule has 3 heterocycles. The van der Waals surface area contributed by atoms with Crippen LogP contribution in [0.5, 0.6) is 0 Å². The minimum Gasteiger partial charge on any atom is -0.378 e. The molecule has 4 rings (SSSR count). The van der Waals surface area contributed by atoms with Crippen LogP contribution < -0.4 is 5.56 Å². The third-order valence-corrected chi connectivity index (χ3v) is 4.70. The largest absolute Gasteiger partial charge is 0.378 e. The molecule has 0 unspecified atom stereocenters. The van der Waals surface area contributed by atoms with E-state index in [4.69, 9.17) is 9.72 Å². The van der Waals surface area contributed by atoms with E-state index in [0.717, 1.165) is 35.3 Å². The van der Waals surface area contributed by atoms with Crippen molar-refractivity contribution in [3.63, 3.8) is 0 Å². The number of nitrogens with one attached hydrogen (secondary N) is 1. The van der Waals surface area contributed by atoms with Crippen LogP contribution in [-0.4, -0.2) is 31.5 Å². The number of hydrogen-bond donors (Lipinski definition) is 1. The molecule has 0 bridgehead atoms. The van der Waals surface area contributed by atoms with Crippen molar-refractivity contribution in [3.8, 4) is 22.4 Å². The van der Waals surface area contributed by atoms with Crippen molar-refractivity contribution in [2.45, 2.75) is 33.4 Å². The van der Waals surface area contributed by atoms with E-state index in [0.29, 0.717) is 17.9 Å². The number of benzene rings is 1. The Labute approximate surface area is 162 Å². The molecule has 3 aromatic heterocycles. The zero-order chi connectivity index (χ0) is 19.7. The highest BCUT2D eigenvalue weighted by atomic mass is 16.5. The zero-order valence-electron chi connectivity index (χ0n) is 16.3. The number of fused-ring (bicyclic) bond motifs is 1. The number of nitrogens with zero attached hydrogens (tertiary/aromatic N) is 4. The molecule has 0 saturated heterocycles. The number of aryl methyl sites for hydroxylation is 2. The molecule has 1 N–H and O–H groups in total. The van der Waals surface area contributed by atoms with Crippen LogP contribution in [0.15, 0.2) is 47.5 Å². The van der Waals surface area contributed by atoms with Gasteiger partial charge in [-0.05, 0) is 18.9 Å². The Kier molecular flexibility index (Phi) is 4.83. The second kappa shape index (κ2) is 7.44. The fourth-order valence-electron chi connectivity index (χ4n) is 3.35. The molecule has 0 saturated carbocycles. The van der Waals surface area contributed by atoms with Gasteiger partial charge in [0.15, 0.2) is 5.65 Å². The maximum absolute atomic E-state index is 12.8. The third kappa shape index (κ3) is 3.25. The molecule has 0 radical (unpaired) electrons. The standard InChI is InChI=1S/C21H23N5O2/c1-4-9-25-12-16(11-22-25)17-10-19(27)26-21(23-17)20(18(24-26)13-28-3)15-7-5-14(2)6-8-15/h5-8,10-12,24H,4,9,13H2,1-3H3. The van der Waals surface area contributed by atoms with E-state index < -0.39 is 0 Å². The van der Waals surface area contributed by atoms with Crippen molar-refractivity contribution in [1.82, 2.24) is 24.4 Å². The first-order valence-corrected chi connectivity index (χ1v) is 9.34. The predicted octanol–water partition coefficient (Wildman–Crippen LogP) is 3.42. The molecule has 0 atom stereocenters. The molecule has 4 aromatic rings. The summed E-state index contributed by atoms with van der Waals surface area (Å²) in [7, 11) is 1.63. The quantitative estimate of drug-likeness (QED) is 0.559. The normalized spacial score (nSPS) is 11.4. The highest BCUT2D eigenvalue weighted by molar-refractivity contribution is 5.81. The van der Waals surface area contributed by atoms with Crippen molar-refractivity contribution < 1.29 is 4.74 Å². The zero-order valence-corrected chi connectivity index (χ0v) is 16.3. The Morgan fingerprint density at radius 1 is 1.18 bits per heavy atom. The molecule has 1 aromatic carbocycles.